The second kappa shape index (κ2) is 6.23. The Bertz CT molecular complexity index is 496. The summed E-state index contributed by atoms with van der Waals surface area (Å²) in [7, 11) is -1.74. The van der Waals surface area contributed by atoms with Crippen LogP contribution in [0.25, 0.3) is 6.08 Å². The third kappa shape index (κ3) is 3.80. The third-order valence-electron chi connectivity index (χ3n) is 3.08. The van der Waals surface area contributed by atoms with Gasteiger partial charge < -0.3 is 13.8 Å². The number of hydrogen-bond donors (Lipinski definition) is 0. The largest absolute Gasteiger partial charge is 0.365 e. The van der Waals surface area contributed by atoms with Crippen LogP contribution in [0.3, 0.4) is 0 Å². The Balaban J connectivity index is 2.09. The molecule has 1 heterocycles. The molecule has 0 aromatic heterocycles. The SMILES string of the molecule is COC(/C=C/c1ccccc1)P1(=O)OCC(C)(C)CO1. The summed E-state index contributed by atoms with van der Waals surface area (Å²) in [6, 6.07) is 9.76. The molecule has 1 saturated heterocycles. The van der Waals surface area contributed by atoms with Crippen molar-refractivity contribution in [2.24, 2.45) is 5.41 Å². The highest BCUT2D eigenvalue weighted by Crippen LogP contribution is 2.58. The van der Waals surface area contributed by atoms with E-state index in [1.165, 1.54) is 7.11 Å². The minimum atomic E-state index is -3.25. The predicted octanol–water partition coefficient (Wildman–Crippen LogP) is 3.94. The van der Waals surface area contributed by atoms with Gasteiger partial charge in [-0.1, -0.05) is 50.3 Å². The molecule has 0 spiro atoms. The zero-order chi connectivity index (χ0) is 14.6. The van der Waals surface area contributed by atoms with Crippen molar-refractivity contribution in [3.05, 3.63) is 42.0 Å². The number of rotatable bonds is 4. The lowest BCUT2D eigenvalue weighted by Gasteiger charge is -2.36. The lowest BCUT2D eigenvalue weighted by Crippen LogP contribution is -2.32. The second-order valence-electron chi connectivity index (χ2n) is 5.65. The molecule has 1 atom stereocenters. The monoisotopic (exact) mass is 296 g/mol. The van der Waals surface area contributed by atoms with E-state index < -0.39 is 13.4 Å². The third-order valence-corrected chi connectivity index (χ3v) is 5.06. The van der Waals surface area contributed by atoms with Crippen LogP contribution in [-0.2, 0) is 18.3 Å². The minimum absolute atomic E-state index is 0.116. The van der Waals surface area contributed by atoms with Gasteiger partial charge in [-0.2, -0.15) is 0 Å². The van der Waals surface area contributed by atoms with Crippen molar-refractivity contribution < 1.29 is 18.3 Å². The van der Waals surface area contributed by atoms with Gasteiger partial charge in [0.15, 0.2) is 5.85 Å². The lowest BCUT2D eigenvalue weighted by atomic mass is 9.97. The molecule has 0 bridgehead atoms. The number of benzene rings is 1. The maximum atomic E-state index is 12.7. The van der Waals surface area contributed by atoms with Gasteiger partial charge in [-0.05, 0) is 11.6 Å². The highest BCUT2D eigenvalue weighted by molar-refractivity contribution is 7.54. The summed E-state index contributed by atoms with van der Waals surface area (Å²) in [5, 5.41) is 0. The van der Waals surface area contributed by atoms with Gasteiger partial charge in [-0.25, -0.2) is 0 Å². The van der Waals surface area contributed by atoms with E-state index >= 15 is 0 Å². The van der Waals surface area contributed by atoms with Gasteiger partial charge in [0.2, 0.25) is 0 Å². The predicted molar refractivity (Wildman–Crippen MR) is 79.6 cm³/mol. The molecule has 4 nitrogen and oxygen atoms in total. The second-order valence-corrected chi connectivity index (χ2v) is 7.75. The first-order chi connectivity index (χ1) is 9.45. The minimum Gasteiger partial charge on any atom is -0.365 e. The van der Waals surface area contributed by atoms with Crippen LogP contribution in [0.4, 0.5) is 0 Å². The van der Waals surface area contributed by atoms with Crippen molar-refractivity contribution in [1.82, 2.24) is 0 Å². The summed E-state index contributed by atoms with van der Waals surface area (Å²) in [5.74, 6) is -0.682. The summed E-state index contributed by atoms with van der Waals surface area (Å²) in [5.41, 5.74) is 0.897. The van der Waals surface area contributed by atoms with Gasteiger partial charge in [0.1, 0.15) is 0 Å². The van der Waals surface area contributed by atoms with E-state index in [2.05, 4.69) is 0 Å². The van der Waals surface area contributed by atoms with Gasteiger partial charge in [0.05, 0.1) is 13.2 Å². The molecule has 1 unspecified atom stereocenters. The maximum Gasteiger partial charge on any atom is 0.363 e. The fraction of sp³-hybridized carbons (Fsp3) is 0.467. The molecule has 0 saturated carbocycles. The van der Waals surface area contributed by atoms with Crippen molar-refractivity contribution >= 4 is 13.7 Å². The van der Waals surface area contributed by atoms with Crippen LogP contribution in [0, 0.1) is 5.41 Å². The molecule has 1 aliphatic heterocycles. The average Bonchev–Trinajstić information content (AvgIpc) is 2.44. The Morgan fingerprint density at radius 3 is 2.40 bits per heavy atom. The standard InChI is InChI=1S/C15H21O4P/c1-15(2)11-18-20(16,19-12-15)14(17-3)10-9-13-7-5-4-6-8-13/h4-10,14H,11-12H2,1-3H3/b10-9+. The Morgan fingerprint density at radius 1 is 1.25 bits per heavy atom. The van der Waals surface area contributed by atoms with E-state index in [1.54, 1.807) is 6.08 Å². The molecule has 110 valence electrons. The van der Waals surface area contributed by atoms with Gasteiger partial charge >= 0.3 is 7.60 Å². The van der Waals surface area contributed by atoms with Crippen molar-refractivity contribution in [2.75, 3.05) is 20.3 Å². The van der Waals surface area contributed by atoms with Crippen LogP contribution in [0.5, 0.6) is 0 Å². The van der Waals surface area contributed by atoms with E-state index in [4.69, 9.17) is 13.8 Å². The Hall–Kier alpha value is -0.930. The van der Waals surface area contributed by atoms with E-state index in [9.17, 15) is 4.57 Å². The summed E-state index contributed by atoms with van der Waals surface area (Å²) >= 11 is 0. The van der Waals surface area contributed by atoms with E-state index in [0.29, 0.717) is 13.2 Å². The smallest absolute Gasteiger partial charge is 0.363 e. The highest BCUT2D eigenvalue weighted by Gasteiger charge is 2.42. The van der Waals surface area contributed by atoms with Crippen LogP contribution in [-0.4, -0.2) is 26.2 Å². The molecular formula is C15H21O4P. The molecule has 1 fully saturated rings. The van der Waals surface area contributed by atoms with Gasteiger partial charge in [0, 0.05) is 12.5 Å². The highest BCUT2D eigenvalue weighted by atomic mass is 31.2. The van der Waals surface area contributed by atoms with Crippen molar-refractivity contribution in [2.45, 2.75) is 19.7 Å². The summed E-state index contributed by atoms with van der Waals surface area (Å²) in [4.78, 5) is 0. The quantitative estimate of drug-likeness (QED) is 0.789. The van der Waals surface area contributed by atoms with Crippen LogP contribution < -0.4 is 0 Å². The van der Waals surface area contributed by atoms with Gasteiger partial charge in [-0.3, -0.25) is 4.57 Å². The molecule has 0 aliphatic carbocycles. The summed E-state index contributed by atoms with van der Waals surface area (Å²) < 4.78 is 28.9. The number of ether oxygens (including phenoxy) is 1. The van der Waals surface area contributed by atoms with Crippen LogP contribution in [0.1, 0.15) is 19.4 Å². The van der Waals surface area contributed by atoms with E-state index in [0.717, 1.165) is 5.56 Å². The maximum absolute atomic E-state index is 12.7. The van der Waals surface area contributed by atoms with Gasteiger partial charge in [-0.15, -0.1) is 0 Å². The Labute approximate surface area is 120 Å². The first kappa shape index (κ1) is 15.5. The van der Waals surface area contributed by atoms with Crippen molar-refractivity contribution in [3.8, 4) is 0 Å². The zero-order valence-corrected chi connectivity index (χ0v) is 13.0. The number of hydrogen-bond acceptors (Lipinski definition) is 4. The molecule has 1 aromatic carbocycles. The molecule has 2 rings (SSSR count). The molecule has 0 N–H and O–H groups in total. The van der Waals surface area contributed by atoms with Gasteiger partial charge in [0.25, 0.3) is 0 Å². The zero-order valence-electron chi connectivity index (χ0n) is 12.1. The normalized spacial score (nSPS) is 22.8. The first-order valence-electron chi connectivity index (χ1n) is 6.60. The molecular weight excluding hydrogens is 275 g/mol. The van der Waals surface area contributed by atoms with E-state index in [-0.39, 0.29) is 5.41 Å². The molecule has 20 heavy (non-hydrogen) atoms. The first-order valence-corrected chi connectivity index (χ1v) is 8.21. The lowest BCUT2D eigenvalue weighted by molar-refractivity contribution is 0.0226. The molecule has 0 radical (unpaired) electrons. The van der Waals surface area contributed by atoms with Crippen LogP contribution in [0.2, 0.25) is 0 Å². The molecule has 1 aliphatic rings. The fourth-order valence-corrected chi connectivity index (χ4v) is 3.81. The van der Waals surface area contributed by atoms with Crippen LogP contribution in [0.15, 0.2) is 36.4 Å². The summed E-state index contributed by atoms with van der Waals surface area (Å²) in [6.45, 7) is 4.84. The number of methoxy groups -OCH3 is 1. The molecule has 5 heteroatoms. The Morgan fingerprint density at radius 2 is 1.85 bits per heavy atom. The Kier molecular flexibility index (Phi) is 4.82. The van der Waals surface area contributed by atoms with Crippen LogP contribution >= 0.6 is 7.60 Å². The van der Waals surface area contributed by atoms with Crippen molar-refractivity contribution in [1.29, 1.82) is 0 Å². The average molecular weight is 296 g/mol. The van der Waals surface area contributed by atoms with E-state index in [1.807, 2.05) is 50.3 Å². The van der Waals surface area contributed by atoms with Crippen molar-refractivity contribution in [3.63, 3.8) is 0 Å². The summed E-state index contributed by atoms with van der Waals surface area (Å²) in [6.07, 6.45) is 3.59. The molecule has 0 amide bonds. The topological polar surface area (TPSA) is 44.8 Å². The molecule has 1 aromatic rings. The fourth-order valence-electron chi connectivity index (χ4n) is 1.83.